The van der Waals surface area contributed by atoms with Gasteiger partial charge in [0.1, 0.15) is 0 Å². The average molecular weight is 187 g/mol. The lowest BCUT2D eigenvalue weighted by molar-refractivity contribution is 0.0976. The molecule has 13 heavy (non-hydrogen) atoms. The van der Waals surface area contributed by atoms with Gasteiger partial charge < -0.3 is 10.5 Å². The largest absolute Gasteiger partial charge is 0.381 e. The maximum atomic E-state index is 5.61. The molecule has 2 nitrogen and oxygen atoms in total. The molecule has 0 heterocycles. The van der Waals surface area contributed by atoms with Gasteiger partial charge in [0.25, 0.3) is 0 Å². The second-order valence-electron chi connectivity index (χ2n) is 4.91. The molecule has 80 valence electrons. The SMILES string of the molecule is CC(C)CCOCCC(C)(C)CN. The van der Waals surface area contributed by atoms with E-state index in [4.69, 9.17) is 10.5 Å². The summed E-state index contributed by atoms with van der Waals surface area (Å²) < 4.78 is 5.53. The summed E-state index contributed by atoms with van der Waals surface area (Å²) >= 11 is 0. The highest BCUT2D eigenvalue weighted by Gasteiger charge is 2.14. The summed E-state index contributed by atoms with van der Waals surface area (Å²) in [6, 6.07) is 0. The zero-order valence-electron chi connectivity index (χ0n) is 9.60. The Bertz CT molecular complexity index is 121. The van der Waals surface area contributed by atoms with E-state index < -0.39 is 0 Å². The Morgan fingerprint density at radius 3 is 2.31 bits per heavy atom. The van der Waals surface area contributed by atoms with Crippen LogP contribution in [0.4, 0.5) is 0 Å². The van der Waals surface area contributed by atoms with Gasteiger partial charge in [0, 0.05) is 13.2 Å². The Kier molecular flexibility index (Phi) is 6.35. The van der Waals surface area contributed by atoms with Gasteiger partial charge in [0.2, 0.25) is 0 Å². The molecule has 0 aliphatic heterocycles. The summed E-state index contributed by atoms with van der Waals surface area (Å²) in [6.07, 6.45) is 2.21. The lowest BCUT2D eigenvalue weighted by atomic mass is 9.90. The van der Waals surface area contributed by atoms with Crippen molar-refractivity contribution in [1.29, 1.82) is 0 Å². The molecule has 0 aromatic carbocycles. The molecule has 0 bridgehead atoms. The Morgan fingerprint density at radius 2 is 1.85 bits per heavy atom. The summed E-state index contributed by atoms with van der Waals surface area (Å²) in [5, 5.41) is 0. The predicted molar refractivity (Wildman–Crippen MR) is 57.7 cm³/mol. The molecule has 0 fully saturated rings. The fourth-order valence-electron chi connectivity index (χ4n) is 0.872. The molecule has 0 aliphatic rings. The topological polar surface area (TPSA) is 35.2 Å². The van der Waals surface area contributed by atoms with Crippen LogP contribution < -0.4 is 5.73 Å². The summed E-state index contributed by atoms with van der Waals surface area (Å²) in [6.45, 7) is 11.3. The Labute approximate surface area is 82.8 Å². The van der Waals surface area contributed by atoms with E-state index in [0.29, 0.717) is 0 Å². The molecule has 0 aliphatic carbocycles. The normalized spacial score (nSPS) is 12.5. The van der Waals surface area contributed by atoms with Crippen molar-refractivity contribution in [2.75, 3.05) is 19.8 Å². The highest BCUT2D eigenvalue weighted by Crippen LogP contribution is 2.17. The molecule has 0 rings (SSSR count). The summed E-state index contributed by atoms with van der Waals surface area (Å²) in [4.78, 5) is 0. The third-order valence-corrected chi connectivity index (χ3v) is 2.32. The predicted octanol–water partition coefficient (Wildman–Crippen LogP) is 2.42. The van der Waals surface area contributed by atoms with Crippen LogP contribution in [0.2, 0.25) is 0 Å². The van der Waals surface area contributed by atoms with Gasteiger partial charge in [0.05, 0.1) is 0 Å². The number of nitrogens with two attached hydrogens (primary N) is 1. The Balaban J connectivity index is 3.26. The highest BCUT2D eigenvalue weighted by atomic mass is 16.5. The van der Waals surface area contributed by atoms with Crippen molar-refractivity contribution in [1.82, 2.24) is 0 Å². The Hall–Kier alpha value is -0.0800. The Morgan fingerprint density at radius 1 is 1.23 bits per heavy atom. The fraction of sp³-hybridized carbons (Fsp3) is 1.00. The molecule has 0 aromatic heterocycles. The van der Waals surface area contributed by atoms with Crippen molar-refractivity contribution in [2.24, 2.45) is 17.1 Å². The molecule has 2 N–H and O–H groups in total. The van der Waals surface area contributed by atoms with Crippen LogP contribution in [0.1, 0.15) is 40.5 Å². The molecule has 0 amide bonds. The van der Waals surface area contributed by atoms with E-state index in [0.717, 1.165) is 38.5 Å². The van der Waals surface area contributed by atoms with E-state index in [1.165, 1.54) is 0 Å². The number of ether oxygens (including phenoxy) is 1. The van der Waals surface area contributed by atoms with Crippen LogP contribution in [0.3, 0.4) is 0 Å². The molecular weight excluding hydrogens is 162 g/mol. The molecule has 2 heteroatoms. The van der Waals surface area contributed by atoms with Crippen LogP contribution >= 0.6 is 0 Å². The quantitative estimate of drug-likeness (QED) is 0.621. The van der Waals surface area contributed by atoms with Gasteiger partial charge in [0.15, 0.2) is 0 Å². The van der Waals surface area contributed by atoms with Crippen LogP contribution in [-0.4, -0.2) is 19.8 Å². The summed E-state index contributed by atoms with van der Waals surface area (Å²) in [5.74, 6) is 0.738. The summed E-state index contributed by atoms with van der Waals surface area (Å²) in [7, 11) is 0. The van der Waals surface area contributed by atoms with Crippen LogP contribution in [-0.2, 0) is 4.74 Å². The maximum Gasteiger partial charge on any atom is 0.0471 e. The van der Waals surface area contributed by atoms with Crippen molar-refractivity contribution in [2.45, 2.75) is 40.5 Å². The van der Waals surface area contributed by atoms with E-state index >= 15 is 0 Å². The van der Waals surface area contributed by atoms with Crippen molar-refractivity contribution in [3.8, 4) is 0 Å². The zero-order chi connectivity index (χ0) is 10.3. The lowest BCUT2D eigenvalue weighted by Gasteiger charge is -2.21. The van der Waals surface area contributed by atoms with E-state index in [9.17, 15) is 0 Å². The van der Waals surface area contributed by atoms with Gasteiger partial charge in [-0.1, -0.05) is 27.7 Å². The molecule has 0 saturated heterocycles. The van der Waals surface area contributed by atoms with Gasteiger partial charge in [-0.05, 0) is 30.7 Å². The van der Waals surface area contributed by atoms with Gasteiger partial charge in [-0.2, -0.15) is 0 Å². The first-order valence-electron chi connectivity index (χ1n) is 5.26. The molecule has 0 saturated carbocycles. The van der Waals surface area contributed by atoms with Crippen LogP contribution in [0.25, 0.3) is 0 Å². The second kappa shape index (κ2) is 6.39. The smallest absolute Gasteiger partial charge is 0.0471 e. The number of hydrogen-bond donors (Lipinski definition) is 1. The number of hydrogen-bond acceptors (Lipinski definition) is 2. The lowest BCUT2D eigenvalue weighted by Crippen LogP contribution is -2.25. The first-order chi connectivity index (χ1) is 5.98. The highest BCUT2D eigenvalue weighted by molar-refractivity contribution is 4.68. The average Bonchev–Trinajstić information content (AvgIpc) is 2.03. The molecule has 0 unspecified atom stereocenters. The molecular formula is C11H25NO. The standard InChI is InChI=1S/C11H25NO/c1-10(2)5-7-13-8-6-11(3,4)9-12/h10H,5-9,12H2,1-4H3. The minimum atomic E-state index is 0.234. The van der Waals surface area contributed by atoms with Crippen molar-refractivity contribution in [3.05, 3.63) is 0 Å². The molecule has 0 atom stereocenters. The number of rotatable bonds is 7. The molecule has 0 spiro atoms. The monoisotopic (exact) mass is 187 g/mol. The molecule has 0 radical (unpaired) electrons. The van der Waals surface area contributed by atoms with Crippen molar-refractivity contribution >= 4 is 0 Å². The van der Waals surface area contributed by atoms with E-state index in [-0.39, 0.29) is 5.41 Å². The molecule has 0 aromatic rings. The van der Waals surface area contributed by atoms with Gasteiger partial charge in [-0.3, -0.25) is 0 Å². The minimum absolute atomic E-state index is 0.234. The fourth-order valence-corrected chi connectivity index (χ4v) is 0.872. The zero-order valence-corrected chi connectivity index (χ0v) is 9.60. The van der Waals surface area contributed by atoms with Gasteiger partial charge >= 0.3 is 0 Å². The van der Waals surface area contributed by atoms with Crippen LogP contribution in [0.15, 0.2) is 0 Å². The maximum absolute atomic E-state index is 5.61. The van der Waals surface area contributed by atoms with Crippen LogP contribution in [0, 0.1) is 11.3 Å². The van der Waals surface area contributed by atoms with Crippen molar-refractivity contribution < 1.29 is 4.74 Å². The first-order valence-corrected chi connectivity index (χ1v) is 5.26. The minimum Gasteiger partial charge on any atom is -0.381 e. The van der Waals surface area contributed by atoms with Crippen molar-refractivity contribution in [3.63, 3.8) is 0 Å². The van der Waals surface area contributed by atoms with Crippen LogP contribution in [0.5, 0.6) is 0 Å². The summed E-state index contributed by atoms with van der Waals surface area (Å²) in [5.41, 5.74) is 5.85. The van der Waals surface area contributed by atoms with Gasteiger partial charge in [-0.15, -0.1) is 0 Å². The first kappa shape index (κ1) is 12.9. The third kappa shape index (κ3) is 8.26. The third-order valence-electron chi connectivity index (χ3n) is 2.32. The van der Waals surface area contributed by atoms with E-state index in [1.807, 2.05) is 0 Å². The second-order valence-corrected chi connectivity index (χ2v) is 4.91. The van der Waals surface area contributed by atoms with Gasteiger partial charge in [-0.25, -0.2) is 0 Å². The van der Waals surface area contributed by atoms with E-state index in [2.05, 4.69) is 27.7 Å². The van der Waals surface area contributed by atoms with E-state index in [1.54, 1.807) is 0 Å².